The van der Waals surface area contributed by atoms with Crippen LogP contribution in [0.25, 0.3) is 0 Å². The third-order valence-electron chi connectivity index (χ3n) is 13.8. The maximum atomic E-state index is 12.9. The molecule has 5 atom stereocenters. The molecule has 0 fully saturated rings. The number of carbonyl (C=O) groups is 4. The number of hydrogen-bond acceptors (Lipinski definition) is 15. The molecular weight excluding hydrogens is 1050 g/mol. The second-order valence-electron chi connectivity index (χ2n) is 22.2. The largest absolute Gasteiger partial charge is 0.472 e. The Morgan fingerprint density at radius 3 is 0.861 bits per heavy atom. The minimum absolute atomic E-state index is 0.103. The van der Waals surface area contributed by atoms with E-state index in [-0.39, 0.29) is 25.7 Å². The fraction of sp³-hybridized carbons (Fsp3) is 0.933. The maximum Gasteiger partial charge on any atom is 0.472 e. The number of aliphatic hydroxyl groups excluding tert-OH is 1. The van der Waals surface area contributed by atoms with E-state index in [1.807, 2.05) is 0 Å². The van der Waals surface area contributed by atoms with E-state index in [1.165, 1.54) is 103 Å². The number of phosphoric ester groups is 2. The van der Waals surface area contributed by atoms with Crippen LogP contribution >= 0.6 is 15.6 Å². The lowest BCUT2D eigenvalue weighted by Gasteiger charge is -2.21. The monoisotopic (exact) mass is 1170 g/mol. The normalized spacial score (nSPS) is 14.3. The van der Waals surface area contributed by atoms with Gasteiger partial charge in [0.05, 0.1) is 26.4 Å². The molecule has 0 saturated carbocycles. The Morgan fingerprint density at radius 2 is 0.582 bits per heavy atom. The highest BCUT2D eigenvalue weighted by Gasteiger charge is 2.30. The van der Waals surface area contributed by atoms with E-state index >= 15 is 0 Å². The zero-order valence-corrected chi connectivity index (χ0v) is 52.3. The molecule has 0 radical (unpaired) electrons. The van der Waals surface area contributed by atoms with Crippen LogP contribution in [0, 0.1) is 5.92 Å². The Kier molecular flexibility index (Phi) is 52.7. The number of rotatable bonds is 60. The molecule has 0 aromatic heterocycles. The first kappa shape index (κ1) is 77.1. The quantitative estimate of drug-likeness (QED) is 0.0222. The number of unbranched alkanes of at least 4 members (excludes halogenated alkanes) is 32. The van der Waals surface area contributed by atoms with Gasteiger partial charge in [0.1, 0.15) is 19.3 Å². The molecule has 0 aliphatic heterocycles. The van der Waals surface area contributed by atoms with E-state index in [0.717, 1.165) is 115 Å². The number of phosphoric acid groups is 2. The zero-order chi connectivity index (χ0) is 58.5. The second kappa shape index (κ2) is 54.0. The Morgan fingerprint density at radius 1 is 0.342 bits per heavy atom. The van der Waals surface area contributed by atoms with Crippen molar-refractivity contribution in [1.82, 2.24) is 0 Å². The Labute approximate surface area is 479 Å². The smallest absolute Gasteiger partial charge is 0.462 e. The summed E-state index contributed by atoms with van der Waals surface area (Å²) < 4.78 is 67.5. The summed E-state index contributed by atoms with van der Waals surface area (Å²) in [5, 5.41) is 10.5. The van der Waals surface area contributed by atoms with Crippen molar-refractivity contribution in [2.24, 2.45) is 5.92 Å². The third kappa shape index (κ3) is 55.0. The van der Waals surface area contributed by atoms with E-state index in [1.54, 1.807) is 0 Å². The summed E-state index contributed by atoms with van der Waals surface area (Å²) >= 11 is 0. The van der Waals surface area contributed by atoms with Gasteiger partial charge >= 0.3 is 39.5 Å². The van der Waals surface area contributed by atoms with Crippen molar-refractivity contribution >= 4 is 39.5 Å². The lowest BCUT2D eigenvalue weighted by atomic mass is 10.0. The standard InChI is InChI=1S/C60H116O17P2/c1-6-9-12-15-17-18-19-20-21-22-27-31-36-41-46-60(65)77-56(50-71-58(63)44-39-34-30-26-24-23-25-29-33-37-42-53(4)5)52-75-79(68,69)73-48-54(61)47-72-78(66,67)74-51-55(49-70-57(62)43-38-32-14-11-8-3)76-59(64)45-40-35-28-16-13-10-7-2/h53-56,61H,6-52H2,1-5H3,(H,66,67)(H,68,69)/t54-,55+,56+/m0/s1. The first-order chi connectivity index (χ1) is 38.0. The summed E-state index contributed by atoms with van der Waals surface area (Å²) in [5.74, 6) is -1.39. The molecule has 2 unspecified atom stereocenters. The highest BCUT2D eigenvalue weighted by atomic mass is 31.2. The molecule has 0 spiro atoms. The van der Waals surface area contributed by atoms with Gasteiger partial charge in [0.25, 0.3) is 0 Å². The third-order valence-corrected chi connectivity index (χ3v) is 15.7. The van der Waals surface area contributed by atoms with E-state index in [2.05, 4.69) is 34.6 Å². The molecule has 17 nitrogen and oxygen atoms in total. The average molecular weight is 1170 g/mol. The number of esters is 4. The van der Waals surface area contributed by atoms with E-state index in [0.29, 0.717) is 25.7 Å². The maximum absolute atomic E-state index is 12.9. The van der Waals surface area contributed by atoms with Crippen molar-refractivity contribution in [2.45, 2.75) is 316 Å². The Hall–Kier alpha value is -1.94. The van der Waals surface area contributed by atoms with Gasteiger partial charge in [-0.3, -0.25) is 37.3 Å². The minimum atomic E-state index is -4.94. The van der Waals surface area contributed by atoms with Gasteiger partial charge < -0.3 is 33.8 Å². The molecule has 0 bridgehead atoms. The van der Waals surface area contributed by atoms with Crippen molar-refractivity contribution in [3.05, 3.63) is 0 Å². The fourth-order valence-corrected chi connectivity index (χ4v) is 10.5. The van der Waals surface area contributed by atoms with Gasteiger partial charge in [0.2, 0.25) is 0 Å². The number of carbonyl (C=O) groups excluding carboxylic acids is 4. The molecular formula is C60H116O17P2. The fourth-order valence-electron chi connectivity index (χ4n) is 8.88. The van der Waals surface area contributed by atoms with Gasteiger partial charge in [-0.15, -0.1) is 0 Å². The molecule has 79 heavy (non-hydrogen) atoms. The molecule has 0 saturated heterocycles. The molecule has 19 heteroatoms. The van der Waals surface area contributed by atoms with Crippen LogP contribution in [-0.2, 0) is 65.4 Å². The second-order valence-corrected chi connectivity index (χ2v) is 25.1. The van der Waals surface area contributed by atoms with Gasteiger partial charge in [-0.2, -0.15) is 0 Å². The summed E-state index contributed by atoms with van der Waals surface area (Å²) in [6.45, 7) is 7.03. The molecule has 0 amide bonds. The lowest BCUT2D eigenvalue weighted by molar-refractivity contribution is -0.161. The predicted octanol–water partition coefficient (Wildman–Crippen LogP) is 16.2. The summed E-state index contributed by atoms with van der Waals surface area (Å²) in [6.07, 6.45) is 36.7. The molecule has 468 valence electrons. The van der Waals surface area contributed by atoms with Crippen molar-refractivity contribution in [1.29, 1.82) is 0 Å². The molecule has 0 heterocycles. The van der Waals surface area contributed by atoms with Crippen LogP contribution < -0.4 is 0 Å². The molecule has 0 aliphatic rings. The van der Waals surface area contributed by atoms with Crippen LogP contribution in [0.4, 0.5) is 0 Å². The van der Waals surface area contributed by atoms with Gasteiger partial charge in [-0.1, -0.05) is 247 Å². The van der Waals surface area contributed by atoms with Crippen LogP contribution in [-0.4, -0.2) is 96.7 Å². The Bertz CT molecular complexity index is 1550. The SMILES string of the molecule is CCCCCCCCCCCCCCCCC(=O)O[C@H](COC(=O)CCCCCCCCCCCCC(C)C)COP(=O)(O)OC[C@@H](O)COP(=O)(O)OC[C@@H](COC(=O)CCCCCCC)OC(=O)CCCCCCCCC. The van der Waals surface area contributed by atoms with Crippen molar-refractivity contribution < 1.29 is 80.2 Å². The van der Waals surface area contributed by atoms with Gasteiger partial charge in [0.15, 0.2) is 12.2 Å². The lowest BCUT2D eigenvalue weighted by Crippen LogP contribution is -2.30. The number of aliphatic hydroxyl groups is 1. The molecule has 0 aromatic rings. The van der Waals surface area contributed by atoms with E-state index < -0.39 is 97.5 Å². The highest BCUT2D eigenvalue weighted by Crippen LogP contribution is 2.45. The molecule has 0 rings (SSSR count). The van der Waals surface area contributed by atoms with E-state index in [4.69, 9.17) is 37.0 Å². The molecule has 0 aromatic carbocycles. The summed E-state index contributed by atoms with van der Waals surface area (Å²) in [5.41, 5.74) is 0. The van der Waals surface area contributed by atoms with Crippen LogP contribution in [0.3, 0.4) is 0 Å². The Balaban J connectivity index is 5.16. The van der Waals surface area contributed by atoms with Gasteiger partial charge in [-0.25, -0.2) is 9.13 Å². The molecule has 3 N–H and O–H groups in total. The first-order valence-electron chi connectivity index (χ1n) is 31.6. The number of ether oxygens (including phenoxy) is 4. The first-order valence-corrected chi connectivity index (χ1v) is 34.6. The van der Waals surface area contributed by atoms with Crippen molar-refractivity contribution in [2.75, 3.05) is 39.6 Å². The highest BCUT2D eigenvalue weighted by molar-refractivity contribution is 7.47. The van der Waals surface area contributed by atoms with Crippen molar-refractivity contribution in [3.8, 4) is 0 Å². The van der Waals surface area contributed by atoms with Crippen LogP contribution in [0.15, 0.2) is 0 Å². The van der Waals surface area contributed by atoms with Crippen molar-refractivity contribution in [3.63, 3.8) is 0 Å². The number of hydrogen-bond donors (Lipinski definition) is 3. The van der Waals surface area contributed by atoms with Gasteiger partial charge in [-0.05, 0) is 31.6 Å². The van der Waals surface area contributed by atoms with Crippen LogP contribution in [0.5, 0.6) is 0 Å². The zero-order valence-electron chi connectivity index (χ0n) is 50.5. The predicted molar refractivity (Wildman–Crippen MR) is 312 cm³/mol. The summed E-state index contributed by atoms with van der Waals surface area (Å²) in [4.78, 5) is 71.7. The van der Waals surface area contributed by atoms with Gasteiger partial charge in [0, 0.05) is 25.7 Å². The van der Waals surface area contributed by atoms with E-state index in [9.17, 15) is 43.2 Å². The van der Waals surface area contributed by atoms with Crippen LogP contribution in [0.2, 0.25) is 0 Å². The summed E-state index contributed by atoms with van der Waals surface area (Å²) in [7, 11) is -9.86. The van der Waals surface area contributed by atoms with Crippen LogP contribution in [0.1, 0.15) is 298 Å². The minimum Gasteiger partial charge on any atom is -0.462 e. The summed E-state index contributed by atoms with van der Waals surface area (Å²) in [6, 6.07) is 0. The molecule has 0 aliphatic carbocycles. The average Bonchev–Trinajstić information content (AvgIpc) is 3.41. The topological polar surface area (TPSA) is 237 Å².